The monoisotopic (exact) mass is 388 g/mol. The highest BCUT2D eigenvalue weighted by atomic mass is 16.5. The Hall–Kier alpha value is -2.19. The van der Waals surface area contributed by atoms with Crippen molar-refractivity contribution in [1.82, 2.24) is 14.9 Å². The summed E-state index contributed by atoms with van der Waals surface area (Å²) in [6, 6.07) is 0. The Morgan fingerprint density at radius 3 is 2.86 bits per heavy atom. The first-order valence-electron chi connectivity index (χ1n) is 10.1. The van der Waals surface area contributed by atoms with Gasteiger partial charge in [-0.05, 0) is 52.5 Å². The Morgan fingerprint density at radius 1 is 1.29 bits per heavy atom. The van der Waals surface area contributed by atoms with Gasteiger partial charge in [-0.1, -0.05) is 0 Å². The average molecular weight is 388 g/mol. The molecule has 0 bridgehead atoms. The zero-order chi connectivity index (χ0) is 19.7. The van der Waals surface area contributed by atoms with Crippen LogP contribution in [-0.4, -0.2) is 52.7 Å². The number of nitrogen functional groups attached to an aromatic ring is 1. The Balaban J connectivity index is 1.57. The summed E-state index contributed by atoms with van der Waals surface area (Å²) in [5, 5.41) is 0.436. The molecule has 0 aliphatic carbocycles. The van der Waals surface area contributed by atoms with Gasteiger partial charge in [0.2, 0.25) is 5.71 Å². The van der Waals surface area contributed by atoms with Gasteiger partial charge in [0.05, 0.1) is 24.1 Å². The zero-order valence-corrected chi connectivity index (χ0v) is 16.6. The number of furan rings is 1. The standard InChI is InChI=1S/C20H28N4O4/c1-3-26-19(25)15-13(2)28-18-16(15)17(21)22-14(23-18)11-24-9-6-8-20(12-24)7-4-5-10-27-20/h3-12H2,1-2H3,(H2,21,22,23). The number of ether oxygens (including phenoxy) is 2. The first-order valence-corrected chi connectivity index (χ1v) is 10.1. The summed E-state index contributed by atoms with van der Waals surface area (Å²) >= 11 is 0. The maximum Gasteiger partial charge on any atom is 0.342 e. The summed E-state index contributed by atoms with van der Waals surface area (Å²) < 4.78 is 17.0. The van der Waals surface area contributed by atoms with E-state index in [1.165, 1.54) is 6.42 Å². The lowest BCUT2D eigenvalue weighted by Gasteiger charge is -2.44. The molecule has 8 nitrogen and oxygen atoms in total. The predicted octanol–water partition coefficient (Wildman–Crippen LogP) is 2.83. The van der Waals surface area contributed by atoms with Gasteiger partial charge in [0.1, 0.15) is 23.0 Å². The molecule has 1 spiro atoms. The highest BCUT2D eigenvalue weighted by Crippen LogP contribution is 2.34. The van der Waals surface area contributed by atoms with Crippen molar-refractivity contribution in [2.75, 3.05) is 32.0 Å². The van der Waals surface area contributed by atoms with E-state index < -0.39 is 5.97 Å². The van der Waals surface area contributed by atoms with Gasteiger partial charge in [-0.15, -0.1) is 0 Å². The fourth-order valence-electron chi connectivity index (χ4n) is 4.46. The van der Waals surface area contributed by atoms with Crippen LogP contribution in [0.5, 0.6) is 0 Å². The van der Waals surface area contributed by atoms with Crippen LogP contribution in [0.3, 0.4) is 0 Å². The summed E-state index contributed by atoms with van der Waals surface area (Å²) in [5.74, 6) is 0.830. The van der Waals surface area contributed by atoms with E-state index in [0.29, 0.717) is 34.8 Å². The lowest BCUT2D eigenvalue weighted by Crippen LogP contribution is -2.51. The number of rotatable bonds is 4. The Bertz CT molecular complexity index is 867. The average Bonchev–Trinajstić information content (AvgIpc) is 2.99. The van der Waals surface area contributed by atoms with Crippen LogP contribution in [0.2, 0.25) is 0 Å². The molecule has 2 N–H and O–H groups in total. The van der Waals surface area contributed by atoms with E-state index in [1.807, 2.05) is 0 Å². The molecule has 2 saturated heterocycles. The molecular weight excluding hydrogens is 360 g/mol. The van der Waals surface area contributed by atoms with Crippen molar-refractivity contribution in [2.45, 2.75) is 58.1 Å². The molecule has 2 fully saturated rings. The molecule has 0 aromatic carbocycles. The molecule has 2 aromatic rings. The number of esters is 1. The van der Waals surface area contributed by atoms with Crippen LogP contribution in [0.4, 0.5) is 5.82 Å². The van der Waals surface area contributed by atoms with Crippen LogP contribution in [0.25, 0.3) is 11.1 Å². The second kappa shape index (κ2) is 7.67. The van der Waals surface area contributed by atoms with Crippen molar-refractivity contribution in [3.63, 3.8) is 0 Å². The maximum absolute atomic E-state index is 12.3. The summed E-state index contributed by atoms with van der Waals surface area (Å²) in [4.78, 5) is 23.6. The number of carbonyl (C=O) groups excluding carboxylic acids is 1. The second-order valence-electron chi connectivity index (χ2n) is 7.76. The number of nitrogens with zero attached hydrogens (tertiary/aromatic N) is 3. The van der Waals surface area contributed by atoms with Crippen LogP contribution < -0.4 is 5.73 Å². The van der Waals surface area contributed by atoms with Crippen molar-refractivity contribution in [2.24, 2.45) is 0 Å². The molecular formula is C20H28N4O4. The van der Waals surface area contributed by atoms with Crippen molar-refractivity contribution in [3.05, 3.63) is 17.1 Å². The van der Waals surface area contributed by atoms with Crippen LogP contribution in [0, 0.1) is 6.92 Å². The number of hydrogen-bond donors (Lipinski definition) is 1. The highest BCUT2D eigenvalue weighted by molar-refractivity contribution is 6.07. The van der Waals surface area contributed by atoms with Crippen LogP contribution >= 0.6 is 0 Å². The molecule has 4 rings (SSSR count). The van der Waals surface area contributed by atoms with E-state index in [0.717, 1.165) is 45.4 Å². The van der Waals surface area contributed by atoms with Crippen LogP contribution in [0.1, 0.15) is 61.0 Å². The Labute approximate surface area is 164 Å². The molecule has 1 unspecified atom stereocenters. The molecule has 2 aromatic heterocycles. The minimum absolute atomic E-state index is 0.0233. The van der Waals surface area contributed by atoms with Gasteiger partial charge < -0.3 is 19.6 Å². The van der Waals surface area contributed by atoms with E-state index in [4.69, 9.17) is 19.6 Å². The molecule has 4 heterocycles. The van der Waals surface area contributed by atoms with Gasteiger partial charge in [-0.25, -0.2) is 9.78 Å². The lowest BCUT2D eigenvalue weighted by molar-refractivity contribution is -0.118. The topological polar surface area (TPSA) is 104 Å². The number of aromatic nitrogens is 2. The fourth-order valence-corrected chi connectivity index (χ4v) is 4.46. The third-order valence-electron chi connectivity index (χ3n) is 5.70. The van der Waals surface area contributed by atoms with Gasteiger partial charge in [-0.2, -0.15) is 4.98 Å². The molecule has 2 aliphatic rings. The molecule has 0 radical (unpaired) electrons. The van der Waals surface area contributed by atoms with Crippen molar-refractivity contribution in [3.8, 4) is 0 Å². The van der Waals surface area contributed by atoms with Gasteiger partial charge in [0.25, 0.3) is 0 Å². The quantitative estimate of drug-likeness (QED) is 0.798. The smallest absolute Gasteiger partial charge is 0.342 e. The maximum atomic E-state index is 12.3. The number of likely N-dealkylation sites (tertiary alicyclic amines) is 1. The Morgan fingerprint density at radius 2 is 2.11 bits per heavy atom. The largest absolute Gasteiger partial charge is 0.462 e. The minimum Gasteiger partial charge on any atom is -0.462 e. The van der Waals surface area contributed by atoms with Gasteiger partial charge in [-0.3, -0.25) is 4.90 Å². The van der Waals surface area contributed by atoms with Crippen LogP contribution in [0.15, 0.2) is 4.42 Å². The van der Waals surface area contributed by atoms with E-state index >= 15 is 0 Å². The highest BCUT2D eigenvalue weighted by Gasteiger charge is 2.38. The molecule has 152 valence electrons. The summed E-state index contributed by atoms with van der Waals surface area (Å²) in [6.07, 6.45) is 5.71. The normalized spacial score (nSPS) is 23.4. The molecule has 0 saturated carbocycles. The first-order chi connectivity index (χ1) is 13.5. The first kappa shape index (κ1) is 19.1. The SMILES string of the molecule is CCOC(=O)c1c(C)oc2nc(CN3CCCC4(CCCCO4)C3)nc(N)c12. The third kappa shape index (κ3) is 3.58. The van der Waals surface area contributed by atoms with Crippen LogP contribution in [-0.2, 0) is 16.0 Å². The third-order valence-corrected chi connectivity index (χ3v) is 5.70. The zero-order valence-electron chi connectivity index (χ0n) is 16.6. The molecule has 2 aliphatic heterocycles. The number of fused-ring (bicyclic) bond motifs is 1. The molecule has 1 atom stereocenters. The number of anilines is 1. The van der Waals surface area contributed by atoms with Gasteiger partial charge >= 0.3 is 5.97 Å². The predicted molar refractivity (Wildman–Crippen MR) is 104 cm³/mol. The van der Waals surface area contributed by atoms with Gasteiger partial charge in [0, 0.05) is 13.2 Å². The van der Waals surface area contributed by atoms with E-state index in [1.54, 1.807) is 13.8 Å². The number of piperidine rings is 1. The number of carbonyl (C=O) groups is 1. The molecule has 8 heteroatoms. The van der Waals surface area contributed by atoms with Crippen molar-refractivity contribution < 1.29 is 18.7 Å². The second-order valence-corrected chi connectivity index (χ2v) is 7.76. The van der Waals surface area contributed by atoms with E-state index in [2.05, 4.69) is 14.9 Å². The summed E-state index contributed by atoms with van der Waals surface area (Å²) in [5.41, 5.74) is 6.81. The lowest BCUT2D eigenvalue weighted by atomic mass is 9.86. The molecule has 0 amide bonds. The Kier molecular flexibility index (Phi) is 5.25. The van der Waals surface area contributed by atoms with Crippen molar-refractivity contribution >= 4 is 22.9 Å². The van der Waals surface area contributed by atoms with Gasteiger partial charge in [0.15, 0.2) is 0 Å². The number of aryl methyl sites for hydroxylation is 1. The number of hydrogen-bond acceptors (Lipinski definition) is 8. The van der Waals surface area contributed by atoms with Crippen molar-refractivity contribution in [1.29, 1.82) is 0 Å². The minimum atomic E-state index is -0.464. The summed E-state index contributed by atoms with van der Waals surface area (Å²) in [7, 11) is 0. The molecule has 28 heavy (non-hydrogen) atoms. The number of nitrogens with two attached hydrogens (primary N) is 1. The fraction of sp³-hybridized carbons (Fsp3) is 0.650. The summed E-state index contributed by atoms with van der Waals surface area (Å²) in [6.45, 7) is 7.06. The van der Waals surface area contributed by atoms with E-state index in [-0.39, 0.29) is 18.0 Å². The van der Waals surface area contributed by atoms with E-state index in [9.17, 15) is 4.79 Å².